The molecule has 0 radical (unpaired) electrons. The lowest BCUT2D eigenvalue weighted by molar-refractivity contribution is -0.137. The van der Waals surface area contributed by atoms with Crippen LogP contribution in [0.15, 0.2) is 22.7 Å². The third-order valence-electron chi connectivity index (χ3n) is 2.87. The number of aliphatic carboxylic acids is 1. The van der Waals surface area contributed by atoms with Crippen LogP contribution in [0, 0.1) is 5.82 Å². The average molecular weight is 361 g/mol. The maximum absolute atomic E-state index is 13.7. The number of halogens is 2. The molecule has 0 unspecified atom stereocenters. The van der Waals surface area contributed by atoms with Gasteiger partial charge in [-0.25, -0.2) is 9.18 Å². The monoisotopic (exact) mass is 360 g/mol. The molecule has 0 bridgehead atoms. The molecule has 0 aliphatic rings. The third kappa shape index (κ3) is 5.34. The molecule has 0 spiro atoms. The molecule has 0 aliphatic carbocycles. The zero-order valence-electron chi connectivity index (χ0n) is 11.9. The molecule has 2 N–H and O–H groups in total. The summed E-state index contributed by atoms with van der Waals surface area (Å²) in [6, 6.07) is 3.83. The molecule has 0 heterocycles. The van der Waals surface area contributed by atoms with Crippen LogP contribution in [-0.2, 0) is 4.79 Å². The number of anilines is 1. The largest absolute Gasteiger partial charge is 0.481 e. The van der Waals surface area contributed by atoms with Gasteiger partial charge < -0.3 is 15.3 Å². The van der Waals surface area contributed by atoms with E-state index in [1.165, 1.54) is 17.0 Å². The van der Waals surface area contributed by atoms with Crippen LogP contribution in [-0.4, -0.2) is 34.6 Å². The zero-order chi connectivity index (χ0) is 16.0. The van der Waals surface area contributed by atoms with E-state index in [0.29, 0.717) is 17.4 Å². The number of nitrogens with zero attached hydrogens (tertiary/aromatic N) is 1. The fraction of sp³-hybridized carbons (Fsp3) is 0.429. The SMILES string of the molecule is CC(C)N(CCCC(=O)O)C(=O)Nc1c(F)cccc1Br. The first-order chi connectivity index (χ1) is 9.82. The Balaban J connectivity index is 2.75. The highest BCUT2D eigenvalue weighted by Crippen LogP contribution is 2.25. The summed E-state index contributed by atoms with van der Waals surface area (Å²) in [4.78, 5) is 24.2. The Bertz CT molecular complexity index is 503. The van der Waals surface area contributed by atoms with Crippen molar-refractivity contribution in [3.63, 3.8) is 0 Å². The van der Waals surface area contributed by atoms with Crippen LogP contribution >= 0.6 is 15.9 Å². The molecule has 1 rings (SSSR count). The summed E-state index contributed by atoms with van der Waals surface area (Å²) >= 11 is 3.18. The number of amides is 2. The maximum atomic E-state index is 13.7. The predicted molar refractivity (Wildman–Crippen MR) is 81.8 cm³/mol. The predicted octanol–water partition coefficient (Wildman–Crippen LogP) is 3.70. The molecule has 0 aliphatic heterocycles. The molecule has 1 aromatic carbocycles. The second-order valence-corrected chi connectivity index (χ2v) is 5.67. The molecule has 1 aromatic rings. The van der Waals surface area contributed by atoms with Crippen molar-refractivity contribution < 1.29 is 19.1 Å². The molecule has 0 fully saturated rings. The molecular weight excluding hydrogens is 343 g/mol. The summed E-state index contributed by atoms with van der Waals surface area (Å²) in [5, 5.41) is 11.2. The lowest BCUT2D eigenvalue weighted by Gasteiger charge is -2.27. The summed E-state index contributed by atoms with van der Waals surface area (Å²) < 4.78 is 14.1. The van der Waals surface area contributed by atoms with Gasteiger partial charge in [0.05, 0.1) is 5.69 Å². The van der Waals surface area contributed by atoms with Gasteiger partial charge in [0.1, 0.15) is 5.82 Å². The number of carboxylic acid groups (broad SMARTS) is 1. The highest BCUT2D eigenvalue weighted by Gasteiger charge is 2.19. The van der Waals surface area contributed by atoms with Gasteiger partial charge in [0.15, 0.2) is 0 Å². The molecule has 7 heteroatoms. The number of benzene rings is 1. The van der Waals surface area contributed by atoms with Gasteiger partial charge in [-0.1, -0.05) is 6.07 Å². The Morgan fingerprint density at radius 3 is 2.62 bits per heavy atom. The first-order valence-corrected chi connectivity index (χ1v) is 7.35. The quantitative estimate of drug-likeness (QED) is 0.812. The zero-order valence-corrected chi connectivity index (χ0v) is 13.5. The van der Waals surface area contributed by atoms with E-state index < -0.39 is 17.8 Å². The van der Waals surface area contributed by atoms with E-state index in [4.69, 9.17) is 5.11 Å². The van der Waals surface area contributed by atoms with Gasteiger partial charge in [-0.05, 0) is 48.3 Å². The summed E-state index contributed by atoms with van der Waals surface area (Å²) in [5.74, 6) is -1.44. The van der Waals surface area contributed by atoms with Crippen molar-refractivity contribution in [1.82, 2.24) is 4.90 Å². The summed E-state index contributed by atoms with van der Waals surface area (Å²) in [6.07, 6.45) is 0.333. The van der Waals surface area contributed by atoms with E-state index in [9.17, 15) is 14.0 Å². The molecular formula is C14H18BrFN2O3. The van der Waals surface area contributed by atoms with Crippen LogP contribution in [0.3, 0.4) is 0 Å². The number of rotatable bonds is 6. The van der Waals surface area contributed by atoms with E-state index in [0.717, 1.165) is 0 Å². The highest BCUT2D eigenvalue weighted by molar-refractivity contribution is 9.10. The number of para-hydroxylation sites is 1. The fourth-order valence-electron chi connectivity index (χ4n) is 1.79. The van der Waals surface area contributed by atoms with Crippen molar-refractivity contribution in [2.45, 2.75) is 32.7 Å². The van der Waals surface area contributed by atoms with Gasteiger partial charge in [0.25, 0.3) is 0 Å². The Hall–Kier alpha value is -1.63. The van der Waals surface area contributed by atoms with E-state index in [1.54, 1.807) is 6.07 Å². The van der Waals surface area contributed by atoms with E-state index >= 15 is 0 Å². The van der Waals surface area contributed by atoms with Crippen molar-refractivity contribution in [2.24, 2.45) is 0 Å². The summed E-state index contributed by atoms with van der Waals surface area (Å²) in [6.45, 7) is 3.93. The lowest BCUT2D eigenvalue weighted by atomic mass is 10.2. The minimum atomic E-state index is -0.907. The third-order valence-corrected chi connectivity index (χ3v) is 3.53. The van der Waals surface area contributed by atoms with Gasteiger partial charge >= 0.3 is 12.0 Å². The number of hydrogen-bond donors (Lipinski definition) is 2. The number of carboxylic acids is 1. The molecule has 0 atom stereocenters. The topological polar surface area (TPSA) is 69.6 Å². The molecule has 21 heavy (non-hydrogen) atoms. The van der Waals surface area contributed by atoms with Crippen molar-refractivity contribution in [3.8, 4) is 0 Å². The minimum absolute atomic E-state index is 0.0140. The molecule has 0 saturated carbocycles. The average Bonchev–Trinajstić information content (AvgIpc) is 2.38. The molecule has 5 nitrogen and oxygen atoms in total. The maximum Gasteiger partial charge on any atom is 0.322 e. The molecule has 2 amide bonds. The van der Waals surface area contributed by atoms with Gasteiger partial charge in [0, 0.05) is 23.5 Å². The Labute approximate surface area is 131 Å². The normalized spacial score (nSPS) is 10.5. The molecule has 0 aromatic heterocycles. The smallest absolute Gasteiger partial charge is 0.322 e. The van der Waals surface area contributed by atoms with Crippen LogP contribution in [0.25, 0.3) is 0 Å². The molecule has 116 valence electrons. The summed E-state index contributed by atoms with van der Waals surface area (Å²) in [7, 11) is 0. The number of nitrogens with one attached hydrogen (secondary N) is 1. The second kappa shape index (κ2) is 7.97. The number of carbonyl (C=O) groups is 2. The van der Waals surface area contributed by atoms with E-state index in [2.05, 4.69) is 21.2 Å². The standard InChI is InChI=1S/C14H18BrFN2O3/c1-9(2)18(8-4-7-12(19)20)14(21)17-13-10(15)5-3-6-11(13)16/h3,5-6,9H,4,7-8H2,1-2H3,(H,17,21)(H,19,20). The first-order valence-electron chi connectivity index (χ1n) is 6.56. The van der Waals surface area contributed by atoms with Crippen LogP contribution in [0.2, 0.25) is 0 Å². The van der Waals surface area contributed by atoms with Crippen molar-refractivity contribution in [3.05, 3.63) is 28.5 Å². The van der Waals surface area contributed by atoms with E-state index in [1.807, 2.05) is 13.8 Å². The van der Waals surface area contributed by atoms with Crippen molar-refractivity contribution in [1.29, 1.82) is 0 Å². The summed E-state index contributed by atoms with van der Waals surface area (Å²) in [5.41, 5.74) is 0.0754. The fourth-order valence-corrected chi connectivity index (χ4v) is 2.23. The number of carbonyl (C=O) groups excluding carboxylic acids is 1. The van der Waals surface area contributed by atoms with Crippen molar-refractivity contribution >= 4 is 33.6 Å². The first kappa shape index (κ1) is 17.4. The Morgan fingerprint density at radius 2 is 2.10 bits per heavy atom. The van der Waals surface area contributed by atoms with Gasteiger partial charge in [-0.2, -0.15) is 0 Å². The van der Waals surface area contributed by atoms with Gasteiger partial charge in [-0.15, -0.1) is 0 Å². The lowest BCUT2D eigenvalue weighted by Crippen LogP contribution is -2.41. The van der Waals surface area contributed by atoms with Crippen LogP contribution in [0.5, 0.6) is 0 Å². The minimum Gasteiger partial charge on any atom is -0.481 e. The van der Waals surface area contributed by atoms with Crippen molar-refractivity contribution in [2.75, 3.05) is 11.9 Å². The van der Waals surface area contributed by atoms with Crippen LogP contribution in [0.4, 0.5) is 14.9 Å². The second-order valence-electron chi connectivity index (χ2n) is 4.81. The van der Waals surface area contributed by atoms with Gasteiger partial charge in [0.2, 0.25) is 0 Å². The van der Waals surface area contributed by atoms with Crippen LogP contribution < -0.4 is 5.32 Å². The Kier molecular flexibility index (Phi) is 6.61. The Morgan fingerprint density at radius 1 is 1.43 bits per heavy atom. The highest BCUT2D eigenvalue weighted by atomic mass is 79.9. The van der Waals surface area contributed by atoms with Gasteiger partial charge in [-0.3, -0.25) is 4.79 Å². The van der Waals surface area contributed by atoms with E-state index in [-0.39, 0.29) is 18.2 Å². The number of urea groups is 1. The van der Waals surface area contributed by atoms with Crippen LogP contribution in [0.1, 0.15) is 26.7 Å². The molecule has 0 saturated heterocycles. The number of hydrogen-bond acceptors (Lipinski definition) is 2.